The topological polar surface area (TPSA) is 55.1 Å². The Hall–Kier alpha value is -1.42. The Morgan fingerprint density at radius 3 is 2.81 bits per heavy atom. The molecule has 2 atom stereocenters. The van der Waals surface area contributed by atoms with Crippen molar-refractivity contribution in [3.63, 3.8) is 0 Å². The first-order valence-electron chi connectivity index (χ1n) is 7.68. The zero-order chi connectivity index (χ0) is 15.5. The van der Waals surface area contributed by atoms with Gasteiger partial charge in [0.15, 0.2) is 0 Å². The molecule has 0 saturated heterocycles. The molecule has 0 spiro atoms. The van der Waals surface area contributed by atoms with E-state index in [9.17, 15) is 9.18 Å². The van der Waals surface area contributed by atoms with Crippen molar-refractivity contribution >= 4 is 5.91 Å². The molecular weight excluding hydrogens is 267 g/mol. The zero-order valence-electron chi connectivity index (χ0n) is 12.9. The third-order valence-electron chi connectivity index (χ3n) is 4.33. The van der Waals surface area contributed by atoms with Crippen LogP contribution >= 0.6 is 0 Å². The third kappa shape index (κ3) is 4.53. The van der Waals surface area contributed by atoms with Crippen LogP contribution in [0.2, 0.25) is 0 Å². The number of hydrogen-bond donors (Lipinski definition) is 2. The number of benzene rings is 1. The number of nitrogens with two attached hydrogens (primary N) is 1. The monoisotopic (exact) mass is 292 g/mol. The smallest absolute Gasteiger partial charge is 0.220 e. The van der Waals surface area contributed by atoms with Crippen molar-refractivity contribution in [3.8, 4) is 0 Å². The lowest BCUT2D eigenvalue weighted by Crippen LogP contribution is -2.53. The first kappa shape index (κ1) is 16.0. The summed E-state index contributed by atoms with van der Waals surface area (Å²) in [5.74, 6) is 0.505. The van der Waals surface area contributed by atoms with E-state index >= 15 is 0 Å². The van der Waals surface area contributed by atoms with E-state index in [4.69, 9.17) is 5.73 Å². The SMILES string of the molecule is CC(CC(=O)NC(C)(CN)C1CC1)Cc1cccc(F)c1. The summed E-state index contributed by atoms with van der Waals surface area (Å²) in [7, 11) is 0. The summed E-state index contributed by atoms with van der Waals surface area (Å²) >= 11 is 0. The van der Waals surface area contributed by atoms with Crippen molar-refractivity contribution in [3.05, 3.63) is 35.6 Å². The lowest BCUT2D eigenvalue weighted by Gasteiger charge is -2.30. The molecule has 1 aromatic rings. The van der Waals surface area contributed by atoms with E-state index in [1.165, 1.54) is 12.1 Å². The van der Waals surface area contributed by atoms with Gasteiger partial charge in [0.1, 0.15) is 5.82 Å². The van der Waals surface area contributed by atoms with Gasteiger partial charge in [-0.15, -0.1) is 0 Å². The van der Waals surface area contributed by atoms with Crippen LogP contribution in [0.5, 0.6) is 0 Å². The Morgan fingerprint density at radius 2 is 2.24 bits per heavy atom. The minimum absolute atomic E-state index is 0.0405. The number of amides is 1. The highest BCUT2D eigenvalue weighted by molar-refractivity contribution is 5.77. The number of rotatable bonds is 7. The first-order chi connectivity index (χ1) is 9.93. The van der Waals surface area contributed by atoms with Crippen LogP contribution in [-0.4, -0.2) is 18.0 Å². The normalized spacial score (nSPS) is 18.9. The van der Waals surface area contributed by atoms with Crippen LogP contribution in [0.25, 0.3) is 0 Å². The molecule has 1 fully saturated rings. The van der Waals surface area contributed by atoms with E-state index in [1.54, 1.807) is 6.07 Å². The fraction of sp³-hybridized carbons (Fsp3) is 0.588. The van der Waals surface area contributed by atoms with Gasteiger partial charge < -0.3 is 11.1 Å². The third-order valence-corrected chi connectivity index (χ3v) is 4.33. The van der Waals surface area contributed by atoms with Crippen molar-refractivity contribution in [2.45, 2.75) is 45.1 Å². The molecule has 0 bridgehead atoms. The van der Waals surface area contributed by atoms with Gasteiger partial charge in [-0.25, -0.2) is 4.39 Å². The fourth-order valence-electron chi connectivity index (χ4n) is 2.86. The molecule has 2 rings (SSSR count). The highest BCUT2D eigenvalue weighted by atomic mass is 19.1. The molecule has 2 unspecified atom stereocenters. The second kappa shape index (κ2) is 6.56. The Kier molecular flexibility index (Phi) is 4.99. The Balaban J connectivity index is 1.84. The zero-order valence-corrected chi connectivity index (χ0v) is 12.9. The standard InChI is InChI=1S/C17H25FN2O/c1-12(8-13-4-3-5-15(18)10-13)9-16(21)20-17(2,11-19)14-6-7-14/h3-5,10,12,14H,6-9,11,19H2,1-2H3,(H,20,21). The maximum atomic E-state index is 13.2. The molecule has 0 radical (unpaired) electrons. The maximum absolute atomic E-state index is 13.2. The largest absolute Gasteiger partial charge is 0.349 e. The number of halogens is 1. The average molecular weight is 292 g/mol. The van der Waals surface area contributed by atoms with Crippen molar-refractivity contribution in [1.82, 2.24) is 5.32 Å². The van der Waals surface area contributed by atoms with Gasteiger partial charge >= 0.3 is 0 Å². The van der Waals surface area contributed by atoms with E-state index in [-0.39, 0.29) is 23.2 Å². The van der Waals surface area contributed by atoms with E-state index in [0.717, 1.165) is 18.4 Å². The van der Waals surface area contributed by atoms with Gasteiger partial charge in [-0.05, 0) is 55.7 Å². The van der Waals surface area contributed by atoms with Crippen LogP contribution in [0, 0.1) is 17.7 Å². The molecule has 3 N–H and O–H groups in total. The molecule has 116 valence electrons. The second-order valence-corrected chi connectivity index (χ2v) is 6.59. The van der Waals surface area contributed by atoms with Crippen molar-refractivity contribution in [2.75, 3.05) is 6.54 Å². The highest BCUT2D eigenvalue weighted by Crippen LogP contribution is 2.39. The first-order valence-corrected chi connectivity index (χ1v) is 7.68. The van der Waals surface area contributed by atoms with E-state index < -0.39 is 0 Å². The summed E-state index contributed by atoms with van der Waals surface area (Å²) in [4.78, 5) is 12.2. The summed E-state index contributed by atoms with van der Waals surface area (Å²) < 4.78 is 13.2. The van der Waals surface area contributed by atoms with Gasteiger partial charge in [0.2, 0.25) is 5.91 Å². The highest BCUT2D eigenvalue weighted by Gasteiger charge is 2.41. The van der Waals surface area contributed by atoms with Crippen LogP contribution in [-0.2, 0) is 11.2 Å². The molecule has 1 aromatic carbocycles. The van der Waals surface area contributed by atoms with Gasteiger partial charge in [0.25, 0.3) is 0 Å². The number of carbonyl (C=O) groups excluding carboxylic acids is 1. The van der Waals surface area contributed by atoms with Gasteiger partial charge in [0, 0.05) is 13.0 Å². The molecule has 1 aliphatic rings. The summed E-state index contributed by atoms with van der Waals surface area (Å²) in [5.41, 5.74) is 6.47. The number of carbonyl (C=O) groups is 1. The van der Waals surface area contributed by atoms with Crippen LogP contribution in [0.4, 0.5) is 4.39 Å². The maximum Gasteiger partial charge on any atom is 0.220 e. The lowest BCUT2D eigenvalue weighted by molar-refractivity contribution is -0.123. The lowest BCUT2D eigenvalue weighted by atomic mass is 9.93. The minimum Gasteiger partial charge on any atom is -0.349 e. The quantitative estimate of drug-likeness (QED) is 0.811. The number of hydrogen-bond acceptors (Lipinski definition) is 2. The van der Waals surface area contributed by atoms with Crippen molar-refractivity contribution < 1.29 is 9.18 Å². The van der Waals surface area contributed by atoms with Crippen LogP contribution in [0.15, 0.2) is 24.3 Å². The fourth-order valence-corrected chi connectivity index (χ4v) is 2.86. The van der Waals surface area contributed by atoms with Crippen molar-refractivity contribution in [1.29, 1.82) is 0 Å². The van der Waals surface area contributed by atoms with Gasteiger partial charge in [0.05, 0.1) is 5.54 Å². The minimum atomic E-state index is -0.268. The van der Waals surface area contributed by atoms with Crippen LogP contribution < -0.4 is 11.1 Å². The molecule has 1 amide bonds. The molecule has 4 heteroatoms. The summed E-state index contributed by atoms with van der Waals surface area (Å²) in [6.07, 6.45) is 3.44. The molecule has 1 aliphatic carbocycles. The van der Waals surface area contributed by atoms with Crippen LogP contribution in [0.1, 0.15) is 38.7 Å². The summed E-state index contributed by atoms with van der Waals surface area (Å²) in [5, 5.41) is 3.10. The molecule has 0 aromatic heterocycles. The average Bonchev–Trinajstić information content (AvgIpc) is 3.22. The van der Waals surface area contributed by atoms with E-state index in [0.29, 0.717) is 25.3 Å². The molecule has 21 heavy (non-hydrogen) atoms. The molecular formula is C17H25FN2O. The predicted octanol–water partition coefficient (Wildman–Crippen LogP) is 2.64. The van der Waals surface area contributed by atoms with Crippen molar-refractivity contribution in [2.24, 2.45) is 17.6 Å². The Bertz CT molecular complexity index is 501. The van der Waals surface area contributed by atoms with Gasteiger partial charge in [-0.2, -0.15) is 0 Å². The van der Waals surface area contributed by atoms with Gasteiger partial charge in [-0.1, -0.05) is 19.1 Å². The van der Waals surface area contributed by atoms with Gasteiger partial charge in [-0.3, -0.25) is 4.79 Å². The number of nitrogens with one attached hydrogen (secondary N) is 1. The Morgan fingerprint density at radius 1 is 1.52 bits per heavy atom. The molecule has 3 nitrogen and oxygen atoms in total. The van der Waals surface area contributed by atoms with Crippen LogP contribution in [0.3, 0.4) is 0 Å². The molecule has 1 saturated carbocycles. The molecule has 0 aliphatic heterocycles. The summed E-state index contributed by atoms with van der Waals surface area (Å²) in [6.45, 7) is 4.52. The van der Waals surface area contributed by atoms with E-state index in [2.05, 4.69) is 5.32 Å². The van der Waals surface area contributed by atoms with E-state index in [1.807, 2.05) is 19.9 Å². The molecule has 0 heterocycles. The summed E-state index contributed by atoms with van der Waals surface area (Å²) in [6, 6.07) is 6.56. The second-order valence-electron chi connectivity index (χ2n) is 6.59. The predicted molar refractivity (Wildman–Crippen MR) is 82.2 cm³/mol. The Labute approximate surface area is 126 Å².